The maximum absolute atomic E-state index is 5.71. The number of rotatable bonds is 0. The maximum atomic E-state index is 5.71. The van der Waals surface area contributed by atoms with Gasteiger partial charge in [-0.1, -0.05) is 20.8 Å². The molecule has 0 saturated heterocycles. The van der Waals surface area contributed by atoms with Crippen molar-refractivity contribution in [3.63, 3.8) is 0 Å². The van der Waals surface area contributed by atoms with E-state index in [1.54, 1.807) is 0 Å². The van der Waals surface area contributed by atoms with E-state index < -0.39 is 0 Å². The van der Waals surface area contributed by atoms with Crippen molar-refractivity contribution in [1.82, 2.24) is 9.78 Å². The second kappa shape index (κ2) is 2.51. The molecule has 0 spiro atoms. The zero-order valence-electron chi connectivity index (χ0n) is 8.47. The molecule has 0 radical (unpaired) electrons. The molecule has 0 fully saturated rings. The van der Waals surface area contributed by atoms with Crippen LogP contribution in [0.1, 0.15) is 32.0 Å². The van der Waals surface area contributed by atoms with Gasteiger partial charge in [0.15, 0.2) is 0 Å². The van der Waals surface area contributed by atoms with Gasteiger partial charge in [-0.25, -0.2) is 0 Å². The fourth-order valence-electron chi connectivity index (χ4n) is 1.70. The molecule has 2 N–H and O–H groups in total. The Morgan fingerprint density at radius 1 is 1.33 bits per heavy atom. The van der Waals surface area contributed by atoms with Crippen molar-refractivity contribution in [3.05, 3.63) is 11.3 Å². The molecular formula is C9H17N3. The second-order valence-corrected chi connectivity index (χ2v) is 4.23. The lowest BCUT2D eigenvalue weighted by molar-refractivity contribution is 0.520. The molecule has 0 atom stereocenters. The topological polar surface area (TPSA) is 43.8 Å². The molecule has 0 saturated carbocycles. The number of nitrogens with two attached hydrogens (primary N) is 1. The van der Waals surface area contributed by atoms with Crippen molar-refractivity contribution in [3.8, 4) is 0 Å². The van der Waals surface area contributed by atoms with Crippen molar-refractivity contribution in [2.24, 2.45) is 7.05 Å². The smallest absolute Gasteiger partial charge is 0.148 e. The number of aromatic nitrogens is 2. The molecule has 0 aromatic carbocycles. The molecule has 0 bridgehead atoms. The molecule has 1 rings (SSSR count). The summed E-state index contributed by atoms with van der Waals surface area (Å²) < 4.78 is 1.87. The first-order chi connectivity index (χ1) is 5.34. The van der Waals surface area contributed by atoms with Crippen molar-refractivity contribution < 1.29 is 0 Å². The summed E-state index contributed by atoms with van der Waals surface area (Å²) in [5, 5.41) is 4.17. The number of anilines is 1. The Kier molecular flexibility index (Phi) is 1.90. The highest BCUT2D eigenvalue weighted by Gasteiger charge is 2.22. The highest BCUT2D eigenvalue weighted by atomic mass is 15.3. The molecule has 0 aliphatic carbocycles. The fourth-order valence-corrected chi connectivity index (χ4v) is 1.70. The van der Waals surface area contributed by atoms with E-state index in [0.717, 1.165) is 5.56 Å². The summed E-state index contributed by atoms with van der Waals surface area (Å²) in [7, 11) is 1.93. The molecule has 12 heavy (non-hydrogen) atoms. The first kappa shape index (κ1) is 9.10. The van der Waals surface area contributed by atoms with Crippen LogP contribution in [0.3, 0.4) is 0 Å². The normalized spacial score (nSPS) is 12.1. The van der Waals surface area contributed by atoms with Gasteiger partial charge < -0.3 is 5.73 Å². The second-order valence-electron chi connectivity index (χ2n) is 4.23. The summed E-state index contributed by atoms with van der Waals surface area (Å²) in [5.74, 6) is 0.641. The molecule has 0 aliphatic rings. The first-order valence-electron chi connectivity index (χ1n) is 4.13. The van der Waals surface area contributed by atoms with Gasteiger partial charge >= 0.3 is 0 Å². The zero-order chi connectivity index (χ0) is 9.52. The summed E-state index contributed by atoms with van der Waals surface area (Å²) in [6.45, 7) is 8.51. The van der Waals surface area contributed by atoms with E-state index >= 15 is 0 Å². The van der Waals surface area contributed by atoms with Crippen molar-refractivity contribution in [2.75, 3.05) is 5.73 Å². The SMILES string of the molecule is Cc1c(N)nn(C)c1C(C)(C)C. The number of nitrogens with zero attached hydrogens (tertiary/aromatic N) is 2. The quantitative estimate of drug-likeness (QED) is 0.638. The van der Waals surface area contributed by atoms with Crippen molar-refractivity contribution >= 4 is 5.82 Å². The third-order valence-corrected chi connectivity index (χ3v) is 2.03. The standard InChI is InChI=1S/C9H17N3/c1-6-7(9(2,3)4)12(5)11-8(6)10/h1-5H3,(H2,10,11). The number of nitrogen functional groups attached to an aromatic ring is 1. The van der Waals surface area contributed by atoms with Gasteiger partial charge in [-0.3, -0.25) is 4.68 Å². The Hall–Kier alpha value is -0.990. The van der Waals surface area contributed by atoms with Gasteiger partial charge in [-0.05, 0) is 6.92 Å². The Morgan fingerprint density at radius 3 is 2.00 bits per heavy atom. The maximum Gasteiger partial charge on any atom is 0.148 e. The van der Waals surface area contributed by atoms with E-state index in [-0.39, 0.29) is 5.41 Å². The van der Waals surface area contributed by atoms with E-state index in [0.29, 0.717) is 5.82 Å². The predicted molar refractivity (Wildman–Crippen MR) is 51.1 cm³/mol. The minimum absolute atomic E-state index is 0.115. The largest absolute Gasteiger partial charge is 0.382 e. The summed E-state index contributed by atoms with van der Waals surface area (Å²) in [6.07, 6.45) is 0. The van der Waals surface area contributed by atoms with Crippen LogP contribution in [0.2, 0.25) is 0 Å². The van der Waals surface area contributed by atoms with Gasteiger partial charge in [0.25, 0.3) is 0 Å². The molecule has 1 aromatic heterocycles. The zero-order valence-corrected chi connectivity index (χ0v) is 8.47. The van der Waals surface area contributed by atoms with E-state index in [1.807, 2.05) is 18.7 Å². The third-order valence-electron chi connectivity index (χ3n) is 2.03. The summed E-state index contributed by atoms with van der Waals surface area (Å²) in [5.41, 5.74) is 8.13. The Labute approximate surface area is 73.6 Å². The molecule has 0 amide bonds. The summed E-state index contributed by atoms with van der Waals surface area (Å²) >= 11 is 0. The minimum Gasteiger partial charge on any atom is -0.382 e. The monoisotopic (exact) mass is 167 g/mol. The van der Waals surface area contributed by atoms with Crippen LogP contribution < -0.4 is 5.73 Å². The van der Waals surface area contributed by atoms with Gasteiger partial charge in [0.2, 0.25) is 0 Å². The van der Waals surface area contributed by atoms with Gasteiger partial charge in [-0.15, -0.1) is 0 Å². The van der Waals surface area contributed by atoms with Crippen LogP contribution in [0, 0.1) is 6.92 Å². The van der Waals surface area contributed by atoms with E-state index in [1.165, 1.54) is 5.69 Å². The van der Waals surface area contributed by atoms with Crippen LogP contribution in [-0.2, 0) is 12.5 Å². The van der Waals surface area contributed by atoms with Crippen LogP contribution in [0.25, 0.3) is 0 Å². The predicted octanol–water partition coefficient (Wildman–Crippen LogP) is 1.61. The van der Waals surface area contributed by atoms with Crippen LogP contribution in [0.4, 0.5) is 5.82 Å². The molecule has 68 valence electrons. The Bertz CT molecular complexity index is 291. The fraction of sp³-hybridized carbons (Fsp3) is 0.667. The number of hydrogen-bond acceptors (Lipinski definition) is 2. The lowest BCUT2D eigenvalue weighted by atomic mass is 9.89. The average molecular weight is 167 g/mol. The lowest BCUT2D eigenvalue weighted by Crippen LogP contribution is -2.17. The number of hydrogen-bond donors (Lipinski definition) is 1. The summed E-state index contributed by atoms with van der Waals surface area (Å²) in [4.78, 5) is 0. The Morgan fingerprint density at radius 2 is 1.83 bits per heavy atom. The van der Waals surface area contributed by atoms with Crippen LogP contribution >= 0.6 is 0 Å². The highest BCUT2D eigenvalue weighted by molar-refractivity contribution is 5.43. The lowest BCUT2D eigenvalue weighted by Gasteiger charge is -2.19. The van der Waals surface area contributed by atoms with Crippen LogP contribution in [0.5, 0.6) is 0 Å². The molecule has 3 heteroatoms. The molecule has 1 heterocycles. The Balaban J connectivity index is 3.32. The van der Waals surface area contributed by atoms with Crippen molar-refractivity contribution in [2.45, 2.75) is 33.1 Å². The van der Waals surface area contributed by atoms with Gasteiger partial charge in [0, 0.05) is 23.7 Å². The third kappa shape index (κ3) is 1.31. The summed E-state index contributed by atoms with van der Waals surface area (Å²) in [6, 6.07) is 0. The first-order valence-corrected chi connectivity index (χ1v) is 4.13. The molecule has 0 aliphatic heterocycles. The number of aryl methyl sites for hydroxylation is 1. The van der Waals surface area contributed by atoms with E-state index in [2.05, 4.69) is 25.9 Å². The van der Waals surface area contributed by atoms with Crippen LogP contribution in [0.15, 0.2) is 0 Å². The highest BCUT2D eigenvalue weighted by Crippen LogP contribution is 2.27. The molecule has 0 unspecified atom stereocenters. The van der Waals surface area contributed by atoms with Gasteiger partial charge in [0.05, 0.1) is 0 Å². The van der Waals surface area contributed by atoms with E-state index in [9.17, 15) is 0 Å². The average Bonchev–Trinajstić information content (AvgIpc) is 2.05. The van der Waals surface area contributed by atoms with Crippen molar-refractivity contribution in [1.29, 1.82) is 0 Å². The van der Waals surface area contributed by atoms with E-state index in [4.69, 9.17) is 5.73 Å². The van der Waals surface area contributed by atoms with Crippen LogP contribution in [-0.4, -0.2) is 9.78 Å². The minimum atomic E-state index is 0.115. The van der Waals surface area contributed by atoms with Gasteiger partial charge in [-0.2, -0.15) is 5.10 Å². The molecule has 3 nitrogen and oxygen atoms in total. The molecular weight excluding hydrogens is 150 g/mol. The molecule has 1 aromatic rings. The van der Waals surface area contributed by atoms with Gasteiger partial charge in [0.1, 0.15) is 5.82 Å².